The second kappa shape index (κ2) is 23.2. The molecular weight excluding hydrogens is 731 g/mol. The number of methoxy groups -OCH3 is 2. The summed E-state index contributed by atoms with van der Waals surface area (Å²) in [5.41, 5.74) is 1.36. The molecule has 15 heteroatoms. The van der Waals surface area contributed by atoms with Crippen LogP contribution >= 0.6 is 0 Å². The molecule has 2 aliphatic heterocycles. The SMILES string of the molecule is C=C.CC1CC1.CCC1CC1(NCC(=O)[C@@H]1CCCN1C(=O)[C@@H](NC(=O)OC)C(C)(C)C)C(=O)NC.COC=O.O=c1ccnc(N2CCc3ccccc3C2)[nH]1.[HH].[HH]. The number of nitrogens with one attached hydrogen (secondary N) is 4. The van der Waals surface area contributed by atoms with Gasteiger partial charge in [-0.15, -0.1) is 13.2 Å². The molecule has 3 fully saturated rings. The van der Waals surface area contributed by atoms with E-state index in [1.807, 2.05) is 33.8 Å². The van der Waals surface area contributed by atoms with Gasteiger partial charge in [0.25, 0.3) is 12.0 Å². The lowest BCUT2D eigenvalue weighted by Gasteiger charge is -2.35. The minimum atomic E-state index is -0.809. The molecular formula is C42H69N7O8. The van der Waals surface area contributed by atoms with Gasteiger partial charge in [0, 0.05) is 41.8 Å². The summed E-state index contributed by atoms with van der Waals surface area (Å²) in [5, 5.41) is 8.46. The second-order valence-corrected chi connectivity index (χ2v) is 15.5. The highest BCUT2D eigenvalue weighted by molar-refractivity contribution is 5.95. The van der Waals surface area contributed by atoms with Gasteiger partial charge in [-0.3, -0.25) is 34.3 Å². The number of amides is 3. The summed E-state index contributed by atoms with van der Waals surface area (Å²) in [6, 6.07) is 8.46. The number of likely N-dealkylation sites (tertiary alicyclic amines) is 1. The Morgan fingerprint density at radius 3 is 2.23 bits per heavy atom. The molecule has 0 spiro atoms. The highest BCUT2D eigenvalue weighted by Gasteiger charge is 2.58. The van der Waals surface area contributed by atoms with Gasteiger partial charge in [0.1, 0.15) is 11.6 Å². The molecule has 3 amide bonds. The normalized spacial score (nSPS) is 20.6. The van der Waals surface area contributed by atoms with Crippen molar-refractivity contribution in [3.8, 4) is 0 Å². The Morgan fingerprint density at radius 1 is 1.09 bits per heavy atom. The van der Waals surface area contributed by atoms with Crippen LogP contribution in [0.3, 0.4) is 0 Å². The zero-order valence-electron chi connectivity index (χ0n) is 35.2. The van der Waals surface area contributed by atoms with E-state index in [4.69, 9.17) is 4.79 Å². The monoisotopic (exact) mass is 800 g/mol. The van der Waals surface area contributed by atoms with E-state index < -0.39 is 29.1 Å². The predicted octanol–water partition coefficient (Wildman–Crippen LogP) is 4.65. The average Bonchev–Trinajstić information content (AvgIpc) is 4.12. The summed E-state index contributed by atoms with van der Waals surface area (Å²) in [5.74, 6) is 1.45. The smallest absolute Gasteiger partial charge is 0.407 e. The van der Waals surface area contributed by atoms with Gasteiger partial charge in [0.05, 0.1) is 26.8 Å². The van der Waals surface area contributed by atoms with Crippen LogP contribution in [0, 0.1) is 17.3 Å². The minimum Gasteiger partial charge on any atom is -0.471 e. The van der Waals surface area contributed by atoms with Gasteiger partial charge in [0.2, 0.25) is 17.8 Å². The molecule has 320 valence electrons. The van der Waals surface area contributed by atoms with Crippen molar-refractivity contribution in [2.24, 2.45) is 17.3 Å². The minimum absolute atomic E-state index is 0. The molecule has 1 aromatic heterocycles. The molecule has 0 radical (unpaired) electrons. The van der Waals surface area contributed by atoms with Crippen molar-refractivity contribution < 1.29 is 36.3 Å². The largest absolute Gasteiger partial charge is 0.471 e. The van der Waals surface area contributed by atoms with Crippen LogP contribution in [0.25, 0.3) is 0 Å². The molecule has 2 unspecified atom stereocenters. The Morgan fingerprint density at radius 2 is 1.72 bits per heavy atom. The third-order valence-electron chi connectivity index (χ3n) is 10.3. The van der Waals surface area contributed by atoms with Gasteiger partial charge in [-0.25, -0.2) is 9.78 Å². The number of anilines is 1. The number of ether oxygens (including phenoxy) is 2. The highest BCUT2D eigenvalue weighted by atomic mass is 16.5. The van der Waals surface area contributed by atoms with Crippen molar-refractivity contribution >= 4 is 36.1 Å². The molecule has 2 aromatic rings. The topological polar surface area (TPSA) is 192 Å². The van der Waals surface area contributed by atoms with Crippen molar-refractivity contribution in [3.05, 3.63) is 71.2 Å². The van der Waals surface area contributed by atoms with Crippen molar-refractivity contribution in [1.82, 2.24) is 30.8 Å². The first-order valence-electron chi connectivity index (χ1n) is 19.6. The molecule has 4 N–H and O–H groups in total. The zero-order chi connectivity index (χ0) is 42.8. The fraction of sp³-hybridized carbons (Fsp3) is 0.595. The lowest BCUT2D eigenvalue weighted by Crippen LogP contribution is -2.57. The zero-order valence-corrected chi connectivity index (χ0v) is 35.2. The fourth-order valence-corrected chi connectivity index (χ4v) is 6.70. The van der Waals surface area contributed by atoms with Gasteiger partial charge in [-0.1, -0.05) is 78.1 Å². The molecule has 3 heterocycles. The third kappa shape index (κ3) is 14.4. The lowest BCUT2D eigenvalue weighted by atomic mass is 9.85. The Balaban J connectivity index is 0.000000966. The number of Topliss-reactive ketones (excluding diaryl/α,β-unsaturated/α-hetero) is 1. The molecule has 2 aliphatic carbocycles. The number of carbonyl (C=O) groups excluding carboxylic acids is 5. The average molecular weight is 800 g/mol. The van der Waals surface area contributed by atoms with E-state index in [0.717, 1.165) is 38.3 Å². The molecule has 1 saturated heterocycles. The summed E-state index contributed by atoms with van der Waals surface area (Å²) >= 11 is 0. The van der Waals surface area contributed by atoms with Crippen LogP contribution in [0.5, 0.6) is 0 Å². The Bertz CT molecular complexity index is 1690. The number of hydrogen-bond acceptors (Lipinski definition) is 11. The summed E-state index contributed by atoms with van der Waals surface area (Å²) in [7, 11) is 4.15. The maximum absolute atomic E-state index is 13.2. The van der Waals surface area contributed by atoms with Gasteiger partial charge >= 0.3 is 6.09 Å². The first-order chi connectivity index (χ1) is 27.1. The summed E-state index contributed by atoms with van der Waals surface area (Å²) in [6.45, 7) is 18.4. The number of carbonyl (C=O) groups is 5. The quantitative estimate of drug-likeness (QED) is 0.193. The van der Waals surface area contributed by atoms with Crippen LogP contribution in [-0.4, -0.2) is 104 Å². The number of likely N-dealkylation sites (N-methyl/N-ethyl adjacent to an activating group) is 1. The number of rotatable bonds is 10. The van der Waals surface area contributed by atoms with Crippen LogP contribution in [-0.2, 0) is 41.6 Å². The van der Waals surface area contributed by atoms with Crippen LogP contribution in [0.2, 0.25) is 0 Å². The Kier molecular flexibility index (Phi) is 19.6. The van der Waals surface area contributed by atoms with Crippen LogP contribution in [0.4, 0.5) is 10.7 Å². The van der Waals surface area contributed by atoms with E-state index >= 15 is 0 Å². The number of benzene rings is 1. The molecule has 15 nitrogen and oxygen atoms in total. The number of aromatic amines is 1. The van der Waals surface area contributed by atoms with Gasteiger partial charge in [0.15, 0.2) is 5.78 Å². The molecule has 57 heavy (non-hydrogen) atoms. The van der Waals surface area contributed by atoms with E-state index in [1.54, 1.807) is 18.1 Å². The number of hydrogen-bond donors (Lipinski definition) is 4. The van der Waals surface area contributed by atoms with E-state index in [9.17, 15) is 24.0 Å². The van der Waals surface area contributed by atoms with Crippen molar-refractivity contribution in [3.63, 3.8) is 0 Å². The third-order valence-corrected chi connectivity index (χ3v) is 10.3. The first kappa shape index (κ1) is 48.1. The van der Waals surface area contributed by atoms with Gasteiger partial charge in [-0.2, -0.15) is 0 Å². The van der Waals surface area contributed by atoms with Gasteiger partial charge in [-0.05, 0) is 54.1 Å². The standard InChI is InChI=1S/C21H36N4O5.C13H13N3O.C4H8.C2H4O2.C2H4.2H2/c1-7-13-11-21(13,18(28)22-5)23-12-15(26)14-9-8-10-25(14)17(27)16(20(2,3)4)24-19(29)30-6;17-12-5-7-14-13(15-12)16-8-6-10-3-1-2-4-11(10)9-16;1-4-2-3-4;1-4-2-3;1-2;;/h13-14,16,23H,7-12H2,1-6H3,(H,22,28)(H,24,29);1-5,7H,6,8-9H2,(H,14,15,17);4H,2-3H2,1H3;2H,1H3;1-2H2;2*1H/t13?,14-,16+,21?;;;;;;/m0....../s1. The molecule has 6 rings (SSSR count). The maximum Gasteiger partial charge on any atom is 0.407 e. The van der Waals surface area contributed by atoms with Crippen LogP contribution in [0.1, 0.15) is 87.1 Å². The first-order valence-corrected chi connectivity index (χ1v) is 19.6. The summed E-state index contributed by atoms with van der Waals surface area (Å²) in [4.78, 5) is 81.1. The summed E-state index contributed by atoms with van der Waals surface area (Å²) in [6.07, 6.45) is 7.69. The summed E-state index contributed by atoms with van der Waals surface area (Å²) < 4.78 is 8.53. The number of fused-ring (bicyclic) bond motifs is 1. The number of alkyl carbamates (subject to hydrolysis) is 1. The predicted molar refractivity (Wildman–Crippen MR) is 225 cm³/mol. The molecule has 1 aromatic carbocycles. The van der Waals surface area contributed by atoms with Gasteiger partial charge < -0.3 is 29.9 Å². The molecule has 4 atom stereocenters. The number of aromatic nitrogens is 2. The molecule has 4 aliphatic rings. The van der Waals surface area contributed by atoms with Crippen molar-refractivity contribution in [1.29, 1.82) is 0 Å². The van der Waals surface area contributed by atoms with E-state index in [-0.39, 0.29) is 38.5 Å². The molecule has 2 saturated carbocycles. The molecule has 0 bridgehead atoms. The van der Waals surface area contributed by atoms with E-state index in [0.29, 0.717) is 31.8 Å². The van der Waals surface area contributed by atoms with Crippen molar-refractivity contribution in [2.45, 2.75) is 104 Å². The lowest BCUT2D eigenvalue weighted by molar-refractivity contribution is -0.141. The number of nitrogens with zero attached hydrogens (tertiary/aromatic N) is 3. The second-order valence-electron chi connectivity index (χ2n) is 15.5. The Hall–Kier alpha value is -5.05. The number of ketones is 1. The number of H-pyrrole nitrogens is 1. The van der Waals surface area contributed by atoms with Crippen molar-refractivity contribution in [2.75, 3.05) is 45.8 Å². The van der Waals surface area contributed by atoms with E-state index in [2.05, 4.69) is 78.6 Å². The highest BCUT2D eigenvalue weighted by Crippen LogP contribution is 2.46. The van der Waals surface area contributed by atoms with Crippen LogP contribution in [0.15, 0.2) is 54.5 Å². The van der Waals surface area contributed by atoms with E-state index in [1.165, 1.54) is 44.3 Å². The Labute approximate surface area is 340 Å². The van der Waals surface area contributed by atoms with Crippen LogP contribution < -0.4 is 26.4 Å². The maximum atomic E-state index is 13.2. The fourth-order valence-electron chi connectivity index (χ4n) is 6.70.